The van der Waals surface area contributed by atoms with Crippen molar-refractivity contribution in [2.75, 3.05) is 46.5 Å². The summed E-state index contributed by atoms with van der Waals surface area (Å²) in [5.74, 6) is 1.52. The lowest BCUT2D eigenvalue weighted by molar-refractivity contribution is -0.122. The zero-order chi connectivity index (χ0) is 19.2. The van der Waals surface area contributed by atoms with Crippen LogP contribution in [-0.2, 0) is 14.3 Å². The van der Waals surface area contributed by atoms with Crippen molar-refractivity contribution >= 4 is 11.9 Å². The normalized spacial score (nSPS) is 21.2. The van der Waals surface area contributed by atoms with Gasteiger partial charge in [-0.3, -0.25) is 9.79 Å². The number of guanidine groups is 1. The van der Waals surface area contributed by atoms with E-state index in [1.165, 1.54) is 32.1 Å². The monoisotopic (exact) mass is 382 g/mol. The van der Waals surface area contributed by atoms with Crippen molar-refractivity contribution in [1.29, 1.82) is 0 Å². The smallest absolute Gasteiger partial charge is 0.220 e. The second-order valence-corrected chi connectivity index (χ2v) is 7.55. The number of nitrogens with zero attached hydrogens (tertiary/aromatic N) is 1. The van der Waals surface area contributed by atoms with Crippen molar-refractivity contribution < 1.29 is 14.3 Å². The largest absolute Gasteiger partial charge is 0.379 e. The molecule has 0 radical (unpaired) electrons. The van der Waals surface area contributed by atoms with Crippen LogP contribution in [-0.4, -0.2) is 64.5 Å². The minimum atomic E-state index is 0.176. The molecule has 2 fully saturated rings. The van der Waals surface area contributed by atoms with Crippen molar-refractivity contribution in [1.82, 2.24) is 16.0 Å². The molecule has 1 aliphatic carbocycles. The summed E-state index contributed by atoms with van der Waals surface area (Å²) in [7, 11) is 1.75. The van der Waals surface area contributed by atoms with Crippen LogP contribution in [0.5, 0.6) is 0 Å². The maximum absolute atomic E-state index is 12.0. The Morgan fingerprint density at radius 1 is 1.04 bits per heavy atom. The van der Waals surface area contributed by atoms with Gasteiger partial charge >= 0.3 is 0 Å². The fourth-order valence-electron chi connectivity index (χ4n) is 3.70. The molecule has 1 heterocycles. The molecule has 1 atom stereocenters. The van der Waals surface area contributed by atoms with Crippen LogP contribution in [0.4, 0.5) is 0 Å². The molecular weight excluding hydrogens is 344 g/mol. The van der Waals surface area contributed by atoms with Gasteiger partial charge in [0, 0.05) is 46.3 Å². The third kappa shape index (κ3) is 9.96. The second-order valence-electron chi connectivity index (χ2n) is 7.55. The maximum atomic E-state index is 12.0. The Hall–Kier alpha value is -1.34. The summed E-state index contributed by atoms with van der Waals surface area (Å²) in [6.07, 6.45) is 10.5. The second kappa shape index (κ2) is 13.8. The molecule has 1 unspecified atom stereocenters. The molecule has 7 heteroatoms. The molecular formula is C20H38N4O3. The van der Waals surface area contributed by atoms with E-state index in [1.54, 1.807) is 7.05 Å². The first-order chi connectivity index (χ1) is 13.3. The number of ether oxygens (including phenoxy) is 2. The molecule has 156 valence electrons. The Labute approximate surface area is 164 Å². The third-order valence-electron chi connectivity index (χ3n) is 5.25. The quantitative estimate of drug-likeness (QED) is 0.288. The Kier molecular flexibility index (Phi) is 11.2. The fraction of sp³-hybridized carbons (Fsp3) is 0.900. The van der Waals surface area contributed by atoms with E-state index < -0.39 is 0 Å². The van der Waals surface area contributed by atoms with E-state index in [0.717, 1.165) is 45.0 Å². The highest BCUT2D eigenvalue weighted by Gasteiger charge is 2.16. The lowest BCUT2D eigenvalue weighted by Crippen LogP contribution is -2.42. The molecule has 2 rings (SSSR count). The van der Waals surface area contributed by atoms with Crippen molar-refractivity contribution in [3.63, 3.8) is 0 Å². The third-order valence-corrected chi connectivity index (χ3v) is 5.25. The number of amides is 1. The van der Waals surface area contributed by atoms with Gasteiger partial charge in [0.05, 0.1) is 12.7 Å². The predicted molar refractivity (Wildman–Crippen MR) is 108 cm³/mol. The number of carbonyl (C=O) groups excluding carboxylic acids is 1. The van der Waals surface area contributed by atoms with Crippen LogP contribution in [0.15, 0.2) is 4.99 Å². The van der Waals surface area contributed by atoms with Crippen LogP contribution in [0.2, 0.25) is 0 Å². The van der Waals surface area contributed by atoms with Gasteiger partial charge in [-0.25, -0.2) is 0 Å². The van der Waals surface area contributed by atoms with Gasteiger partial charge in [0.1, 0.15) is 0 Å². The van der Waals surface area contributed by atoms with Gasteiger partial charge in [-0.2, -0.15) is 0 Å². The summed E-state index contributed by atoms with van der Waals surface area (Å²) in [6, 6.07) is 0. The molecule has 0 spiro atoms. The minimum Gasteiger partial charge on any atom is -0.379 e. The predicted octanol–water partition coefficient (Wildman–Crippen LogP) is 1.82. The van der Waals surface area contributed by atoms with Crippen molar-refractivity contribution in [3.8, 4) is 0 Å². The summed E-state index contributed by atoms with van der Waals surface area (Å²) >= 11 is 0. The van der Waals surface area contributed by atoms with Gasteiger partial charge in [-0.15, -0.1) is 0 Å². The van der Waals surface area contributed by atoms with Gasteiger partial charge in [0.2, 0.25) is 5.91 Å². The average Bonchev–Trinajstić information content (AvgIpc) is 3.20. The summed E-state index contributed by atoms with van der Waals surface area (Å²) in [4.78, 5) is 16.2. The first-order valence-electron chi connectivity index (χ1n) is 10.7. The van der Waals surface area contributed by atoms with E-state index in [4.69, 9.17) is 9.47 Å². The number of nitrogens with one attached hydrogen (secondary N) is 3. The summed E-state index contributed by atoms with van der Waals surface area (Å²) in [5.41, 5.74) is 0. The fourth-order valence-corrected chi connectivity index (χ4v) is 3.70. The van der Waals surface area contributed by atoms with E-state index in [9.17, 15) is 4.79 Å². The molecule has 2 aliphatic rings. The Balaban J connectivity index is 1.42. The van der Waals surface area contributed by atoms with E-state index in [-0.39, 0.29) is 5.91 Å². The molecule has 1 saturated carbocycles. The Morgan fingerprint density at radius 3 is 2.56 bits per heavy atom. The maximum Gasteiger partial charge on any atom is 0.220 e. The molecule has 7 nitrogen and oxygen atoms in total. The van der Waals surface area contributed by atoms with Crippen LogP contribution in [0, 0.1) is 5.92 Å². The lowest BCUT2D eigenvalue weighted by atomic mass is 9.87. The number of carbonyl (C=O) groups is 1. The van der Waals surface area contributed by atoms with Crippen molar-refractivity contribution in [3.05, 3.63) is 0 Å². The van der Waals surface area contributed by atoms with Crippen LogP contribution >= 0.6 is 0 Å². The van der Waals surface area contributed by atoms with Crippen LogP contribution in [0.25, 0.3) is 0 Å². The zero-order valence-corrected chi connectivity index (χ0v) is 16.9. The van der Waals surface area contributed by atoms with Crippen molar-refractivity contribution in [2.24, 2.45) is 10.9 Å². The van der Waals surface area contributed by atoms with Crippen molar-refractivity contribution in [2.45, 2.75) is 63.9 Å². The molecule has 1 saturated heterocycles. The first kappa shape index (κ1) is 22.0. The van der Waals surface area contributed by atoms with E-state index >= 15 is 0 Å². The number of rotatable bonds is 11. The van der Waals surface area contributed by atoms with Crippen LogP contribution < -0.4 is 16.0 Å². The van der Waals surface area contributed by atoms with Crippen LogP contribution in [0.3, 0.4) is 0 Å². The SMILES string of the molecule is CN=C(NCCCOCC1CCCO1)NCCNC(=O)CC1CCCCC1. The molecule has 0 bridgehead atoms. The molecule has 1 amide bonds. The number of aliphatic imine (C=N–C) groups is 1. The Bertz CT molecular complexity index is 433. The highest BCUT2D eigenvalue weighted by Crippen LogP contribution is 2.25. The standard InChI is InChI=1S/C20H38N4O3/c1-21-20(23-10-6-13-26-16-18-9-5-14-27-18)24-12-11-22-19(25)15-17-7-3-2-4-8-17/h17-18H,2-16H2,1H3,(H,22,25)(H2,21,23,24). The van der Waals surface area contributed by atoms with E-state index in [0.29, 0.717) is 38.1 Å². The van der Waals surface area contributed by atoms with Gasteiger partial charge in [0.15, 0.2) is 5.96 Å². The van der Waals surface area contributed by atoms with E-state index in [2.05, 4.69) is 20.9 Å². The molecule has 3 N–H and O–H groups in total. The molecule has 0 aromatic rings. The topological polar surface area (TPSA) is 84.0 Å². The van der Waals surface area contributed by atoms with Crippen LogP contribution in [0.1, 0.15) is 57.8 Å². The number of hydrogen-bond acceptors (Lipinski definition) is 4. The summed E-state index contributed by atoms with van der Waals surface area (Å²) in [5, 5.41) is 9.50. The minimum absolute atomic E-state index is 0.176. The summed E-state index contributed by atoms with van der Waals surface area (Å²) < 4.78 is 11.2. The van der Waals surface area contributed by atoms with Gasteiger partial charge in [-0.1, -0.05) is 19.3 Å². The Morgan fingerprint density at radius 2 is 1.81 bits per heavy atom. The van der Waals surface area contributed by atoms with Gasteiger partial charge < -0.3 is 25.4 Å². The summed E-state index contributed by atoms with van der Waals surface area (Å²) in [6.45, 7) is 4.40. The van der Waals surface area contributed by atoms with Gasteiger partial charge in [-0.05, 0) is 38.0 Å². The molecule has 0 aromatic heterocycles. The highest BCUT2D eigenvalue weighted by atomic mass is 16.5. The van der Waals surface area contributed by atoms with E-state index in [1.807, 2.05) is 0 Å². The molecule has 0 aromatic carbocycles. The molecule has 27 heavy (non-hydrogen) atoms. The molecule has 1 aliphatic heterocycles. The lowest BCUT2D eigenvalue weighted by Gasteiger charge is -2.20. The average molecular weight is 383 g/mol. The number of hydrogen-bond donors (Lipinski definition) is 3. The zero-order valence-electron chi connectivity index (χ0n) is 16.9. The van der Waals surface area contributed by atoms with Gasteiger partial charge in [0.25, 0.3) is 0 Å². The highest BCUT2D eigenvalue weighted by molar-refractivity contribution is 5.79. The first-order valence-corrected chi connectivity index (χ1v) is 10.7.